The van der Waals surface area contributed by atoms with Crippen LogP contribution in [0.1, 0.15) is 18.1 Å². The summed E-state index contributed by atoms with van der Waals surface area (Å²) in [5.74, 6) is 1.92. The zero-order chi connectivity index (χ0) is 14.3. The highest BCUT2D eigenvalue weighted by molar-refractivity contribution is 5.82. The van der Waals surface area contributed by atoms with Gasteiger partial charge in [-0.15, -0.1) is 12.3 Å². The lowest BCUT2D eigenvalue weighted by Gasteiger charge is -2.12. The van der Waals surface area contributed by atoms with Crippen molar-refractivity contribution in [2.45, 2.75) is 25.8 Å². The van der Waals surface area contributed by atoms with E-state index in [1.54, 1.807) is 6.92 Å². The largest absolute Gasteiger partial charge is 0.480 e. The maximum atomic E-state index is 11.4. The molecule has 2 amide bonds. The molecule has 19 heavy (non-hydrogen) atoms. The molecule has 1 rings (SSSR count). The highest BCUT2D eigenvalue weighted by Crippen LogP contribution is 1.95. The van der Waals surface area contributed by atoms with Crippen LogP contribution in [0.2, 0.25) is 0 Å². The van der Waals surface area contributed by atoms with E-state index in [4.69, 9.17) is 16.1 Å². The number of carboxylic acids is 1. The van der Waals surface area contributed by atoms with Crippen molar-refractivity contribution in [2.75, 3.05) is 6.54 Å². The van der Waals surface area contributed by atoms with E-state index in [9.17, 15) is 9.59 Å². The highest BCUT2D eigenvalue weighted by atomic mass is 16.5. The van der Waals surface area contributed by atoms with Crippen molar-refractivity contribution in [1.29, 1.82) is 0 Å². The van der Waals surface area contributed by atoms with Crippen molar-refractivity contribution >= 4 is 12.0 Å². The molecule has 102 valence electrons. The van der Waals surface area contributed by atoms with Crippen molar-refractivity contribution in [3.63, 3.8) is 0 Å². The molecule has 0 saturated carbocycles. The number of rotatable bonds is 6. The van der Waals surface area contributed by atoms with Crippen LogP contribution in [-0.4, -0.2) is 39.8 Å². The Labute approximate surface area is 109 Å². The van der Waals surface area contributed by atoms with Crippen LogP contribution >= 0.6 is 0 Å². The smallest absolute Gasteiger partial charge is 0.327 e. The number of carbonyl (C=O) groups excluding carboxylic acids is 1. The van der Waals surface area contributed by atoms with E-state index >= 15 is 0 Å². The van der Waals surface area contributed by atoms with Gasteiger partial charge in [0.15, 0.2) is 5.82 Å². The number of aryl methyl sites for hydroxylation is 1. The van der Waals surface area contributed by atoms with Gasteiger partial charge in [-0.25, -0.2) is 9.59 Å². The van der Waals surface area contributed by atoms with Crippen LogP contribution in [0.4, 0.5) is 4.79 Å². The summed E-state index contributed by atoms with van der Waals surface area (Å²) in [6.07, 6.45) is 5.29. The Hall–Kier alpha value is -2.56. The molecule has 1 unspecified atom stereocenters. The van der Waals surface area contributed by atoms with Crippen molar-refractivity contribution < 1.29 is 19.2 Å². The van der Waals surface area contributed by atoms with E-state index in [2.05, 4.69) is 26.7 Å². The summed E-state index contributed by atoms with van der Waals surface area (Å²) in [4.78, 5) is 26.1. The lowest BCUT2D eigenvalue weighted by molar-refractivity contribution is -0.139. The summed E-state index contributed by atoms with van der Waals surface area (Å²) in [7, 11) is 0. The van der Waals surface area contributed by atoms with Gasteiger partial charge in [-0.05, 0) is 6.92 Å². The predicted molar refractivity (Wildman–Crippen MR) is 64.1 cm³/mol. The molecule has 0 spiro atoms. The van der Waals surface area contributed by atoms with Crippen LogP contribution < -0.4 is 10.6 Å². The number of hydrogen-bond donors (Lipinski definition) is 3. The van der Waals surface area contributed by atoms with Gasteiger partial charge in [0.1, 0.15) is 6.04 Å². The number of nitrogens with zero attached hydrogens (tertiary/aromatic N) is 2. The van der Waals surface area contributed by atoms with Gasteiger partial charge >= 0.3 is 12.0 Å². The Morgan fingerprint density at radius 2 is 2.32 bits per heavy atom. The first-order chi connectivity index (χ1) is 9.02. The van der Waals surface area contributed by atoms with Crippen LogP contribution in [0.15, 0.2) is 4.52 Å². The molecule has 0 aliphatic carbocycles. The third kappa shape index (κ3) is 5.08. The zero-order valence-corrected chi connectivity index (χ0v) is 10.3. The Bertz CT molecular complexity index is 491. The highest BCUT2D eigenvalue weighted by Gasteiger charge is 2.18. The second-order valence-corrected chi connectivity index (χ2v) is 3.68. The molecule has 3 N–H and O–H groups in total. The Morgan fingerprint density at radius 3 is 2.84 bits per heavy atom. The van der Waals surface area contributed by atoms with Crippen LogP contribution in [0.5, 0.6) is 0 Å². The van der Waals surface area contributed by atoms with Gasteiger partial charge in [0.05, 0.1) is 0 Å². The molecule has 0 aromatic carbocycles. The van der Waals surface area contributed by atoms with Crippen LogP contribution in [0, 0.1) is 19.3 Å². The van der Waals surface area contributed by atoms with Gasteiger partial charge in [0.25, 0.3) is 0 Å². The molecule has 0 bridgehead atoms. The number of amides is 2. The van der Waals surface area contributed by atoms with Crippen LogP contribution in [0.3, 0.4) is 0 Å². The normalized spacial score (nSPS) is 11.4. The summed E-state index contributed by atoms with van der Waals surface area (Å²) >= 11 is 0. The molecular formula is C11H14N4O4. The number of aliphatic carboxylic acids is 1. The standard InChI is InChI=1S/C11H14N4O4/c1-3-4-8(10(16)17)14-11(18)12-6-5-9-13-7(2)15-19-9/h1,8H,4-6H2,2H3,(H,16,17)(H2,12,14,18). The number of terminal acetylenes is 1. The fourth-order valence-corrected chi connectivity index (χ4v) is 1.25. The van der Waals surface area contributed by atoms with Gasteiger partial charge in [-0.3, -0.25) is 0 Å². The van der Waals surface area contributed by atoms with Gasteiger partial charge in [0.2, 0.25) is 5.89 Å². The predicted octanol–water partition coefficient (Wildman–Crippen LogP) is -0.304. The second-order valence-electron chi connectivity index (χ2n) is 3.68. The molecule has 0 aliphatic heterocycles. The van der Waals surface area contributed by atoms with Crippen LogP contribution in [-0.2, 0) is 11.2 Å². The summed E-state index contributed by atoms with van der Waals surface area (Å²) in [5.41, 5.74) is 0. The van der Waals surface area contributed by atoms with Gasteiger partial charge in [-0.2, -0.15) is 4.98 Å². The fourth-order valence-electron chi connectivity index (χ4n) is 1.25. The molecule has 1 aromatic rings. The number of carbonyl (C=O) groups is 2. The van der Waals surface area contributed by atoms with Crippen molar-refractivity contribution in [3.05, 3.63) is 11.7 Å². The summed E-state index contributed by atoms with van der Waals surface area (Å²) < 4.78 is 4.85. The average Bonchev–Trinajstić information content (AvgIpc) is 2.74. The minimum absolute atomic E-state index is 0.0778. The van der Waals surface area contributed by atoms with Crippen molar-refractivity contribution in [2.24, 2.45) is 0 Å². The lowest BCUT2D eigenvalue weighted by atomic mass is 10.2. The molecule has 0 radical (unpaired) electrons. The van der Waals surface area contributed by atoms with E-state index in [-0.39, 0.29) is 13.0 Å². The van der Waals surface area contributed by atoms with Gasteiger partial charge < -0.3 is 20.3 Å². The molecule has 1 atom stereocenters. The van der Waals surface area contributed by atoms with Gasteiger partial charge in [-0.1, -0.05) is 5.16 Å². The topological polar surface area (TPSA) is 117 Å². The molecule has 1 heterocycles. The number of nitrogens with one attached hydrogen (secondary N) is 2. The molecule has 1 aromatic heterocycles. The lowest BCUT2D eigenvalue weighted by Crippen LogP contribution is -2.46. The maximum Gasteiger partial charge on any atom is 0.327 e. The molecule has 0 aliphatic rings. The SMILES string of the molecule is C#CCC(NC(=O)NCCc1nc(C)no1)C(=O)O. The molecule has 8 heteroatoms. The van der Waals surface area contributed by atoms with E-state index in [1.807, 2.05) is 0 Å². The number of hydrogen-bond acceptors (Lipinski definition) is 5. The fraction of sp³-hybridized carbons (Fsp3) is 0.455. The van der Waals surface area contributed by atoms with Crippen molar-refractivity contribution in [1.82, 2.24) is 20.8 Å². The average molecular weight is 266 g/mol. The molecule has 0 fully saturated rings. The third-order valence-electron chi connectivity index (χ3n) is 2.12. The quantitative estimate of drug-likeness (QED) is 0.608. The zero-order valence-electron chi connectivity index (χ0n) is 10.3. The first-order valence-corrected chi connectivity index (χ1v) is 5.52. The summed E-state index contributed by atoms with van der Waals surface area (Å²) in [6.45, 7) is 1.93. The number of carboxylic acid groups (broad SMARTS) is 1. The molecular weight excluding hydrogens is 252 g/mol. The van der Waals surface area contributed by atoms with E-state index < -0.39 is 18.0 Å². The first-order valence-electron chi connectivity index (χ1n) is 5.52. The monoisotopic (exact) mass is 266 g/mol. The molecule has 0 saturated heterocycles. The minimum atomic E-state index is -1.18. The molecule has 8 nitrogen and oxygen atoms in total. The van der Waals surface area contributed by atoms with E-state index in [0.29, 0.717) is 18.1 Å². The van der Waals surface area contributed by atoms with Crippen molar-refractivity contribution in [3.8, 4) is 12.3 Å². The first kappa shape index (κ1) is 14.5. The van der Waals surface area contributed by atoms with E-state index in [0.717, 1.165) is 0 Å². The summed E-state index contributed by atoms with van der Waals surface area (Å²) in [5, 5.41) is 17.1. The van der Waals surface area contributed by atoms with E-state index in [1.165, 1.54) is 0 Å². The Morgan fingerprint density at radius 1 is 1.58 bits per heavy atom. The van der Waals surface area contributed by atoms with Gasteiger partial charge in [0, 0.05) is 19.4 Å². The Balaban J connectivity index is 2.31. The minimum Gasteiger partial charge on any atom is -0.480 e. The summed E-state index contributed by atoms with van der Waals surface area (Å²) in [6, 6.07) is -1.71. The maximum absolute atomic E-state index is 11.4. The number of aromatic nitrogens is 2. The number of urea groups is 1. The third-order valence-corrected chi connectivity index (χ3v) is 2.12. The Kier molecular flexibility index (Phi) is 5.35. The van der Waals surface area contributed by atoms with Crippen LogP contribution in [0.25, 0.3) is 0 Å². The second kappa shape index (κ2) is 7.00.